The highest BCUT2D eigenvalue weighted by Gasteiger charge is 2.28. The zero-order valence-electron chi connectivity index (χ0n) is 12.2. The van der Waals surface area contributed by atoms with Crippen molar-refractivity contribution in [1.82, 2.24) is 4.72 Å². The van der Waals surface area contributed by atoms with Crippen molar-refractivity contribution in [2.75, 3.05) is 6.54 Å². The minimum atomic E-state index is -4.02. The summed E-state index contributed by atoms with van der Waals surface area (Å²) in [5, 5.41) is 11.0. The van der Waals surface area contributed by atoms with Crippen LogP contribution in [0.3, 0.4) is 0 Å². The summed E-state index contributed by atoms with van der Waals surface area (Å²) in [5.74, 6) is 0.249. The summed E-state index contributed by atoms with van der Waals surface area (Å²) in [6.45, 7) is 4.01. The molecule has 7 nitrogen and oxygen atoms in total. The van der Waals surface area contributed by atoms with Gasteiger partial charge < -0.3 is 5.73 Å². The minimum Gasteiger partial charge on any atom is -0.329 e. The molecule has 1 rings (SSSR count). The number of benzene rings is 1. The molecular formula is C12H19BrClN3O4S. The predicted molar refractivity (Wildman–Crippen MR) is 90.7 cm³/mol. The van der Waals surface area contributed by atoms with Crippen molar-refractivity contribution in [3.63, 3.8) is 0 Å². The van der Waals surface area contributed by atoms with Gasteiger partial charge in [-0.25, -0.2) is 13.1 Å². The van der Waals surface area contributed by atoms with Gasteiger partial charge in [-0.15, -0.1) is 12.4 Å². The first-order valence-corrected chi connectivity index (χ1v) is 8.61. The molecule has 22 heavy (non-hydrogen) atoms. The molecule has 1 unspecified atom stereocenters. The van der Waals surface area contributed by atoms with Crippen molar-refractivity contribution in [2.45, 2.75) is 31.2 Å². The van der Waals surface area contributed by atoms with Crippen LogP contribution < -0.4 is 10.5 Å². The van der Waals surface area contributed by atoms with Gasteiger partial charge in [0, 0.05) is 23.1 Å². The Labute approximate surface area is 144 Å². The summed E-state index contributed by atoms with van der Waals surface area (Å²) in [6, 6.07) is 3.32. The average Bonchev–Trinajstić information content (AvgIpc) is 2.36. The number of halogens is 2. The van der Waals surface area contributed by atoms with Crippen LogP contribution in [0, 0.1) is 16.0 Å². The smallest absolute Gasteiger partial charge is 0.289 e. The molecule has 1 aromatic carbocycles. The molecule has 0 aliphatic heterocycles. The first-order chi connectivity index (χ1) is 9.67. The summed E-state index contributed by atoms with van der Waals surface area (Å²) in [6.07, 6.45) is 0.553. The topological polar surface area (TPSA) is 115 Å². The van der Waals surface area contributed by atoms with Gasteiger partial charge in [0.2, 0.25) is 10.0 Å². The standard InChI is InChI=1S/C12H18BrN3O4S.ClH/c1-8(2)5-10(7-14)15-21(19,20)12-6-9(13)3-4-11(12)16(17)18;/h3-4,6,8,10,15H,5,7,14H2,1-2H3;1H. The number of nitrogens with one attached hydrogen (secondary N) is 1. The van der Waals surface area contributed by atoms with E-state index in [1.807, 2.05) is 13.8 Å². The van der Waals surface area contributed by atoms with E-state index >= 15 is 0 Å². The van der Waals surface area contributed by atoms with E-state index in [9.17, 15) is 18.5 Å². The number of nitro benzene ring substituents is 1. The van der Waals surface area contributed by atoms with Gasteiger partial charge in [0.05, 0.1) is 4.92 Å². The Balaban J connectivity index is 0.00000441. The molecule has 0 heterocycles. The lowest BCUT2D eigenvalue weighted by Crippen LogP contribution is -2.41. The van der Waals surface area contributed by atoms with E-state index in [-0.39, 0.29) is 29.8 Å². The molecular weight excluding hydrogens is 398 g/mol. The molecule has 1 atom stereocenters. The number of nitrogens with two attached hydrogens (primary N) is 1. The number of nitrogens with zero attached hydrogens (tertiary/aromatic N) is 1. The maximum atomic E-state index is 12.4. The maximum Gasteiger partial charge on any atom is 0.289 e. The van der Waals surface area contributed by atoms with Crippen LogP contribution in [0.4, 0.5) is 5.69 Å². The molecule has 0 radical (unpaired) electrons. The molecule has 3 N–H and O–H groups in total. The monoisotopic (exact) mass is 415 g/mol. The van der Waals surface area contributed by atoms with E-state index < -0.39 is 26.7 Å². The second kappa shape index (κ2) is 8.78. The third kappa shape index (κ3) is 5.81. The second-order valence-corrected chi connectivity index (χ2v) is 7.65. The number of sulfonamides is 1. The van der Waals surface area contributed by atoms with Crippen LogP contribution >= 0.6 is 28.3 Å². The number of rotatable bonds is 7. The van der Waals surface area contributed by atoms with Crippen LogP contribution in [0.5, 0.6) is 0 Å². The largest absolute Gasteiger partial charge is 0.329 e. The van der Waals surface area contributed by atoms with Gasteiger partial charge in [0.25, 0.3) is 5.69 Å². The maximum absolute atomic E-state index is 12.4. The molecule has 1 aromatic rings. The number of hydrogen-bond donors (Lipinski definition) is 2. The number of nitro groups is 1. The zero-order valence-corrected chi connectivity index (χ0v) is 15.4. The Morgan fingerprint density at radius 3 is 2.45 bits per heavy atom. The summed E-state index contributed by atoms with van der Waals surface area (Å²) in [7, 11) is -4.02. The minimum absolute atomic E-state index is 0. The highest BCUT2D eigenvalue weighted by molar-refractivity contribution is 9.10. The normalized spacial score (nSPS) is 12.8. The van der Waals surface area contributed by atoms with Crippen molar-refractivity contribution in [3.8, 4) is 0 Å². The van der Waals surface area contributed by atoms with E-state index in [2.05, 4.69) is 20.7 Å². The molecule has 0 aliphatic carbocycles. The Morgan fingerprint density at radius 1 is 1.41 bits per heavy atom. The van der Waals surface area contributed by atoms with Gasteiger partial charge in [0.15, 0.2) is 4.90 Å². The third-order valence-electron chi connectivity index (χ3n) is 2.77. The fourth-order valence-corrected chi connectivity index (χ4v) is 3.87. The lowest BCUT2D eigenvalue weighted by atomic mass is 10.1. The first-order valence-electron chi connectivity index (χ1n) is 6.33. The first kappa shape index (κ1) is 21.3. The van der Waals surface area contributed by atoms with E-state index in [0.717, 1.165) is 6.07 Å². The molecule has 10 heteroatoms. The fraction of sp³-hybridized carbons (Fsp3) is 0.500. The predicted octanol–water partition coefficient (Wildman–Crippen LogP) is 2.43. The summed E-state index contributed by atoms with van der Waals surface area (Å²) >= 11 is 3.12. The van der Waals surface area contributed by atoms with Gasteiger partial charge in [-0.3, -0.25) is 10.1 Å². The molecule has 0 aliphatic rings. The molecule has 0 bridgehead atoms. The lowest BCUT2D eigenvalue weighted by molar-refractivity contribution is -0.387. The Kier molecular flexibility index (Phi) is 8.48. The molecule has 0 amide bonds. The molecule has 0 saturated carbocycles. The van der Waals surface area contributed by atoms with Crippen molar-refractivity contribution < 1.29 is 13.3 Å². The SMILES string of the molecule is CC(C)CC(CN)NS(=O)(=O)c1cc(Br)ccc1[N+](=O)[O-].Cl. The molecule has 0 aromatic heterocycles. The van der Waals surface area contributed by atoms with Crippen molar-refractivity contribution in [3.05, 3.63) is 32.8 Å². The van der Waals surface area contributed by atoms with Crippen molar-refractivity contribution in [1.29, 1.82) is 0 Å². The second-order valence-electron chi connectivity index (χ2n) is 5.05. The quantitative estimate of drug-likeness (QED) is 0.523. The van der Waals surface area contributed by atoms with Crippen LogP contribution in [0.25, 0.3) is 0 Å². The van der Waals surface area contributed by atoms with E-state index in [0.29, 0.717) is 10.9 Å². The van der Waals surface area contributed by atoms with Crippen LogP contribution in [-0.4, -0.2) is 25.9 Å². The summed E-state index contributed by atoms with van der Waals surface area (Å²) < 4.78 is 27.6. The molecule has 0 fully saturated rings. The molecule has 126 valence electrons. The highest BCUT2D eigenvalue weighted by atomic mass is 79.9. The van der Waals surface area contributed by atoms with Crippen molar-refractivity contribution >= 4 is 44.0 Å². The highest BCUT2D eigenvalue weighted by Crippen LogP contribution is 2.27. The van der Waals surface area contributed by atoms with Gasteiger partial charge >= 0.3 is 0 Å². The zero-order chi connectivity index (χ0) is 16.2. The van der Waals surface area contributed by atoms with Gasteiger partial charge in [-0.1, -0.05) is 29.8 Å². The Morgan fingerprint density at radius 2 is 2.00 bits per heavy atom. The Hall–Kier alpha value is -0.740. The van der Waals surface area contributed by atoms with E-state index in [1.165, 1.54) is 12.1 Å². The van der Waals surface area contributed by atoms with Gasteiger partial charge in [0.1, 0.15) is 0 Å². The molecule has 0 spiro atoms. The fourth-order valence-electron chi connectivity index (χ4n) is 1.90. The van der Waals surface area contributed by atoms with Crippen LogP contribution in [0.15, 0.2) is 27.6 Å². The average molecular weight is 417 g/mol. The van der Waals surface area contributed by atoms with E-state index in [1.54, 1.807) is 0 Å². The van der Waals surface area contributed by atoms with E-state index in [4.69, 9.17) is 5.73 Å². The van der Waals surface area contributed by atoms with Crippen molar-refractivity contribution in [2.24, 2.45) is 11.7 Å². The van der Waals surface area contributed by atoms with Gasteiger partial charge in [-0.05, 0) is 24.5 Å². The van der Waals surface area contributed by atoms with Crippen LogP contribution in [0.2, 0.25) is 0 Å². The van der Waals surface area contributed by atoms with Gasteiger partial charge in [-0.2, -0.15) is 0 Å². The van der Waals surface area contributed by atoms with Crippen LogP contribution in [0.1, 0.15) is 20.3 Å². The summed E-state index contributed by atoms with van der Waals surface area (Å²) in [4.78, 5) is 9.89. The Bertz CT molecular complexity index is 625. The lowest BCUT2D eigenvalue weighted by Gasteiger charge is -2.18. The van der Waals surface area contributed by atoms with Crippen LogP contribution in [-0.2, 0) is 10.0 Å². The number of hydrogen-bond acceptors (Lipinski definition) is 5. The third-order valence-corrected chi connectivity index (χ3v) is 4.81. The summed E-state index contributed by atoms with van der Waals surface area (Å²) in [5.41, 5.74) is 5.10. The molecule has 0 saturated heterocycles.